The van der Waals surface area contributed by atoms with E-state index in [0.29, 0.717) is 11.8 Å². The highest BCUT2D eigenvalue weighted by Crippen LogP contribution is 2.46. The van der Waals surface area contributed by atoms with Crippen LogP contribution in [0.15, 0.2) is 53.0 Å². The predicted octanol–water partition coefficient (Wildman–Crippen LogP) is 4.65. The highest BCUT2D eigenvalue weighted by atomic mass is 79.9. The smallest absolute Gasteiger partial charge is 0.227 e. The molecule has 2 aromatic carbocycles. The van der Waals surface area contributed by atoms with E-state index in [2.05, 4.69) is 74.7 Å². The molecule has 5 rings (SSSR count). The SMILES string of the molecule is O=C(C1CNC[C@]12CCCc1ccc(Br)cc12)N1CCC(c2ccccc2)CC1. The molecule has 1 N–H and O–H groups in total. The minimum absolute atomic E-state index is 0.0370. The Kier molecular flexibility index (Phi) is 5.25. The quantitative estimate of drug-likeness (QED) is 0.718. The van der Waals surface area contributed by atoms with E-state index in [1.54, 1.807) is 0 Å². The molecule has 0 saturated carbocycles. The van der Waals surface area contributed by atoms with E-state index in [-0.39, 0.29) is 11.3 Å². The van der Waals surface area contributed by atoms with Crippen LogP contribution in [0.1, 0.15) is 48.3 Å². The molecule has 1 unspecified atom stereocenters. The van der Waals surface area contributed by atoms with E-state index in [0.717, 1.165) is 56.3 Å². The van der Waals surface area contributed by atoms with Crippen LogP contribution in [0, 0.1) is 5.92 Å². The molecule has 3 aliphatic rings. The largest absolute Gasteiger partial charge is 0.342 e. The Bertz CT molecular complexity index is 891. The Morgan fingerprint density at radius 2 is 1.90 bits per heavy atom. The molecular formula is C25H29BrN2O. The average molecular weight is 453 g/mol. The summed E-state index contributed by atoms with van der Waals surface area (Å²) in [6.07, 6.45) is 5.57. The normalized spacial score (nSPS) is 27.2. The minimum Gasteiger partial charge on any atom is -0.342 e. The van der Waals surface area contributed by atoms with E-state index in [4.69, 9.17) is 0 Å². The fourth-order valence-corrected chi connectivity index (χ4v) is 6.33. The Morgan fingerprint density at radius 3 is 2.69 bits per heavy atom. The highest BCUT2D eigenvalue weighted by molar-refractivity contribution is 9.10. The summed E-state index contributed by atoms with van der Waals surface area (Å²) in [5.41, 5.74) is 4.22. The first-order valence-electron chi connectivity index (χ1n) is 11.0. The zero-order valence-electron chi connectivity index (χ0n) is 16.9. The molecule has 1 aliphatic carbocycles. The number of benzene rings is 2. The van der Waals surface area contributed by atoms with Gasteiger partial charge in [-0.25, -0.2) is 0 Å². The van der Waals surface area contributed by atoms with Crippen molar-refractivity contribution in [2.24, 2.45) is 5.92 Å². The number of fused-ring (bicyclic) bond motifs is 2. The number of piperidine rings is 1. The Balaban J connectivity index is 1.35. The molecule has 1 amide bonds. The minimum atomic E-state index is -0.0370. The molecule has 2 heterocycles. The van der Waals surface area contributed by atoms with E-state index in [1.165, 1.54) is 23.1 Å². The van der Waals surface area contributed by atoms with Crippen molar-refractivity contribution in [1.29, 1.82) is 0 Å². The Labute approximate surface area is 182 Å². The van der Waals surface area contributed by atoms with Crippen molar-refractivity contribution in [2.45, 2.75) is 43.4 Å². The number of hydrogen-bond donors (Lipinski definition) is 1. The van der Waals surface area contributed by atoms with Crippen molar-refractivity contribution in [3.05, 3.63) is 69.7 Å². The molecule has 2 aliphatic heterocycles. The third-order valence-electron chi connectivity index (χ3n) is 7.51. The number of hydrogen-bond acceptors (Lipinski definition) is 2. The lowest BCUT2D eigenvalue weighted by molar-refractivity contribution is -0.138. The number of nitrogens with zero attached hydrogens (tertiary/aromatic N) is 1. The van der Waals surface area contributed by atoms with E-state index in [1.807, 2.05) is 0 Å². The Hall–Kier alpha value is -1.65. The molecule has 0 bridgehead atoms. The standard InChI is InChI=1S/C25H29BrN2O/c26-21-9-8-20-7-4-12-25(22(20)15-21)17-27-16-23(25)24(29)28-13-10-19(11-14-28)18-5-2-1-3-6-18/h1-3,5-6,8-9,15,19,23,27H,4,7,10-14,16-17H2/t23?,25-/m0/s1. The summed E-state index contributed by atoms with van der Waals surface area (Å²) in [7, 11) is 0. The van der Waals surface area contributed by atoms with Crippen LogP contribution < -0.4 is 5.32 Å². The van der Waals surface area contributed by atoms with Crippen LogP contribution in [0.4, 0.5) is 0 Å². The second-order valence-electron chi connectivity index (χ2n) is 9.00. The van der Waals surface area contributed by atoms with Gasteiger partial charge in [-0.15, -0.1) is 0 Å². The van der Waals surface area contributed by atoms with E-state index in [9.17, 15) is 4.79 Å². The number of carbonyl (C=O) groups is 1. The number of carbonyl (C=O) groups excluding carboxylic acids is 1. The van der Waals surface area contributed by atoms with Gasteiger partial charge < -0.3 is 10.2 Å². The first-order chi connectivity index (χ1) is 14.2. The van der Waals surface area contributed by atoms with Crippen molar-refractivity contribution in [3.8, 4) is 0 Å². The number of rotatable bonds is 2. The van der Waals surface area contributed by atoms with Gasteiger partial charge in [-0.3, -0.25) is 4.79 Å². The lowest BCUT2D eigenvalue weighted by Gasteiger charge is -2.42. The van der Waals surface area contributed by atoms with Crippen molar-refractivity contribution >= 4 is 21.8 Å². The van der Waals surface area contributed by atoms with Crippen LogP contribution in [-0.2, 0) is 16.6 Å². The zero-order chi connectivity index (χ0) is 19.8. The number of halogens is 1. The summed E-state index contributed by atoms with van der Waals surface area (Å²) in [6, 6.07) is 17.5. The van der Waals surface area contributed by atoms with Crippen LogP contribution >= 0.6 is 15.9 Å². The summed E-state index contributed by atoms with van der Waals surface area (Å²) >= 11 is 3.67. The monoisotopic (exact) mass is 452 g/mol. The number of aryl methyl sites for hydroxylation is 1. The summed E-state index contributed by atoms with van der Waals surface area (Å²) < 4.78 is 1.12. The van der Waals surface area contributed by atoms with Crippen LogP contribution in [-0.4, -0.2) is 37.0 Å². The fourth-order valence-electron chi connectivity index (χ4n) is 5.97. The molecule has 0 aromatic heterocycles. The predicted molar refractivity (Wildman–Crippen MR) is 120 cm³/mol. The second kappa shape index (κ2) is 7.88. The first-order valence-corrected chi connectivity index (χ1v) is 11.8. The molecule has 0 radical (unpaired) electrons. The third kappa shape index (κ3) is 3.44. The van der Waals surface area contributed by atoms with Crippen LogP contribution in [0.5, 0.6) is 0 Å². The van der Waals surface area contributed by atoms with Crippen molar-refractivity contribution in [3.63, 3.8) is 0 Å². The maximum absolute atomic E-state index is 13.7. The van der Waals surface area contributed by atoms with Gasteiger partial charge in [0, 0.05) is 36.1 Å². The third-order valence-corrected chi connectivity index (χ3v) is 8.00. The molecule has 4 heteroatoms. The summed E-state index contributed by atoms with van der Waals surface area (Å²) in [5.74, 6) is 1.01. The van der Waals surface area contributed by atoms with Crippen molar-refractivity contribution in [1.82, 2.24) is 10.2 Å². The van der Waals surface area contributed by atoms with E-state index >= 15 is 0 Å². The fraction of sp³-hybridized carbons (Fsp3) is 0.480. The van der Waals surface area contributed by atoms with Gasteiger partial charge in [0.2, 0.25) is 5.91 Å². The van der Waals surface area contributed by atoms with Gasteiger partial charge in [-0.1, -0.05) is 52.3 Å². The molecular weight excluding hydrogens is 424 g/mol. The van der Waals surface area contributed by atoms with Gasteiger partial charge in [0.15, 0.2) is 0 Å². The number of amides is 1. The highest BCUT2D eigenvalue weighted by Gasteiger charge is 2.51. The first kappa shape index (κ1) is 19.3. The Morgan fingerprint density at radius 1 is 1.10 bits per heavy atom. The summed E-state index contributed by atoms with van der Waals surface area (Å²) in [6.45, 7) is 3.50. The molecule has 3 nitrogen and oxygen atoms in total. The topological polar surface area (TPSA) is 32.3 Å². The van der Waals surface area contributed by atoms with Gasteiger partial charge in [0.1, 0.15) is 0 Å². The summed E-state index contributed by atoms with van der Waals surface area (Å²) in [5, 5.41) is 3.59. The number of likely N-dealkylation sites (tertiary alicyclic amines) is 1. The van der Waals surface area contributed by atoms with Crippen molar-refractivity contribution < 1.29 is 4.79 Å². The van der Waals surface area contributed by atoms with Gasteiger partial charge in [-0.2, -0.15) is 0 Å². The van der Waals surface area contributed by atoms with Crippen LogP contribution in [0.2, 0.25) is 0 Å². The molecule has 29 heavy (non-hydrogen) atoms. The molecule has 152 valence electrons. The molecule has 2 saturated heterocycles. The zero-order valence-corrected chi connectivity index (χ0v) is 18.5. The molecule has 2 atom stereocenters. The maximum Gasteiger partial charge on any atom is 0.227 e. The lowest BCUT2D eigenvalue weighted by atomic mass is 9.64. The van der Waals surface area contributed by atoms with Gasteiger partial charge in [0.05, 0.1) is 5.92 Å². The van der Waals surface area contributed by atoms with Crippen LogP contribution in [0.3, 0.4) is 0 Å². The van der Waals surface area contributed by atoms with Crippen LogP contribution in [0.25, 0.3) is 0 Å². The summed E-state index contributed by atoms with van der Waals surface area (Å²) in [4.78, 5) is 15.8. The molecule has 2 aromatic rings. The second-order valence-corrected chi connectivity index (χ2v) is 9.92. The molecule has 1 spiro atoms. The maximum atomic E-state index is 13.7. The van der Waals surface area contributed by atoms with Gasteiger partial charge in [0.25, 0.3) is 0 Å². The van der Waals surface area contributed by atoms with Gasteiger partial charge in [-0.05, 0) is 66.8 Å². The lowest BCUT2D eigenvalue weighted by Crippen LogP contribution is -2.49. The van der Waals surface area contributed by atoms with E-state index < -0.39 is 0 Å². The molecule has 2 fully saturated rings. The van der Waals surface area contributed by atoms with Gasteiger partial charge >= 0.3 is 0 Å². The number of nitrogens with one attached hydrogen (secondary N) is 1. The average Bonchev–Trinajstić information content (AvgIpc) is 3.19. The van der Waals surface area contributed by atoms with Crippen molar-refractivity contribution in [2.75, 3.05) is 26.2 Å².